The molecule has 0 amide bonds. The molecule has 2 aromatic carbocycles. The van der Waals surface area contributed by atoms with Crippen molar-refractivity contribution in [2.75, 3.05) is 7.11 Å². The molecule has 0 unspecified atom stereocenters. The van der Waals surface area contributed by atoms with E-state index in [4.69, 9.17) is 4.74 Å². The van der Waals surface area contributed by atoms with Gasteiger partial charge in [0, 0.05) is 23.1 Å². The van der Waals surface area contributed by atoms with Gasteiger partial charge in [0.2, 0.25) is 0 Å². The van der Waals surface area contributed by atoms with Gasteiger partial charge in [-0.25, -0.2) is 0 Å². The van der Waals surface area contributed by atoms with Gasteiger partial charge in [-0.05, 0) is 23.8 Å². The van der Waals surface area contributed by atoms with Gasteiger partial charge in [0.25, 0.3) is 5.69 Å². The monoisotopic (exact) mass is 296 g/mol. The molecule has 0 spiro atoms. The zero-order valence-electron chi connectivity index (χ0n) is 11.7. The summed E-state index contributed by atoms with van der Waals surface area (Å²) in [6.45, 7) is 0. The van der Waals surface area contributed by atoms with Gasteiger partial charge >= 0.3 is 0 Å². The number of fused-ring (bicyclic) bond motifs is 1. The Hall–Kier alpha value is -3.15. The summed E-state index contributed by atoms with van der Waals surface area (Å²) in [5.74, 6) is 0.633. The molecular weight excluding hydrogens is 284 g/mol. The van der Waals surface area contributed by atoms with Crippen molar-refractivity contribution in [2.45, 2.75) is 0 Å². The van der Waals surface area contributed by atoms with Gasteiger partial charge in [0.05, 0.1) is 23.2 Å². The molecule has 0 bridgehead atoms. The van der Waals surface area contributed by atoms with E-state index in [1.54, 1.807) is 25.3 Å². The molecular formula is C16H12N2O4. The van der Waals surface area contributed by atoms with E-state index in [2.05, 4.69) is 4.98 Å². The number of methoxy groups -OCH3 is 1. The summed E-state index contributed by atoms with van der Waals surface area (Å²) < 4.78 is 5.29. The summed E-state index contributed by atoms with van der Waals surface area (Å²) in [5, 5.41) is 11.5. The smallest absolute Gasteiger partial charge is 0.269 e. The van der Waals surface area contributed by atoms with E-state index in [1.807, 2.05) is 12.1 Å². The van der Waals surface area contributed by atoms with Crippen molar-refractivity contribution in [1.82, 2.24) is 4.98 Å². The van der Waals surface area contributed by atoms with Crippen molar-refractivity contribution in [3.05, 3.63) is 58.1 Å². The second kappa shape index (κ2) is 5.33. The SMILES string of the molecule is COc1cccc2c(C=O)c(-c3ccc([N+](=O)[O-])cc3)[nH]c12. The number of nitrogens with zero attached hydrogens (tertiary/aromatic N) is 1. The Balaban J connectivity index is 2.21. The Bertz CT molecular complexity index is 866. The summed E-state index contributed by atoms with van der Waals surface area (Å²) >= 11 is 0. The van der Waals surface area contributed by atoms with E-state index in [0.29, 0.717) is 22.6 Å². The highest BCUT2D eigenvalue weighted by Crippen LogP contribution is 2.34. The first-order chi connectivity index (χ1) is 10.7. The number of para-hydroxylation sites is 1. The van der Waals surface area contributed by atoms with Crippen LogP contribution in [0.15, 0.2) is 42.5 Å². The number of non-ortho nitro benzene ring substituents is 1. The minimum Gasteiger partial charge on any atom is -0.495 e. The standard InChI is InChI=1S/C16H12N2O4/c1-22-14-4-2-3-12-13(9-19)15(17-16(12)14)10-5-7-11(8-6-10)18(20)21/h2-9,17H,1H3. The van der Waals surface area contributed by atoms with E-state index in [0.717, 1.165) is 17.2 Å². The number of H-pyrrole nitrogens is 1. The molecule has 1 N–H and O–H groups in total. The van der Waals surface area contributed by atoms with Gasteiger partial charge in [-0.1, -0.05) is 12.1 Å². The minimum atomic E-state index is -0.460. The molecule has 3 rings (SSSR count). The largest absolute Gasteiger partial charge is 0.495 e. The fourth-order valence-electron chi connectivity index (χ4n) is 2.48. The summed E-state index contributed by atoms with van der Waals surface area (Å²) in [5.41, 5.74) is 2.55. The van der Waals surface area contributed by atoms with E-state index in [9.17, 15) is 14.9 Å². The van der Waals surface area contributed by atoms with Crippen LogP contribution < -0.4 is 4.74 Å². The molecule has 6 heteroatoms. The van der Waals surface area contributed by atoms with Crippen LogP contribution >= 0.6 is 0 Å². The number of ether oxygens (including phenoxy) is 1. The van der Waals surface area contributed by atoms with Crippen molar-refractivity contribution in [3.63, 3.8) is 0 Å². The fourth-order valence-corrected chi connectivity index (χ4v) is 2.48. The maximum atomic E-state index is 11.5. The van der Waals surface area contributed by atoms with Gasteiger partial charge in [-0.15, -0.1) is 0 Å². The maximum Gasteiger partial charge on any atom is 0.269 e. The molecule has 0 radical (unpaired) electrons. The predicted molar refractivity (Wildman–Crippen MR) is 82.3 cm³/mol. The third-order valence-electron chi connectivity index (χ3n) is 3.54. The third kappa shape index (κ3) is 2.10. The second-order valence-corrected chi connectivity index (χ2v) is 4.72. The molecule has 22 heavy (non-hydrogen) atoms. The quantitative estimate of drug-likeness (QED) is 0.453. The van der Waals surface area contributed by atoms with Gasteiger partial charge in [-0.3, -0.25) is 14.9 Å². The minimum absolute atomic E-state index is 0.00472. The van der Waals surface area contributed by atoms with Crippen LogP contribution in [0.2, 0.25) is 0 Å². The number of hydrogen-bond acceptors (Lipinski definition) is 4. The summed E-state index contributed by atoms with van der Waals surface area (Å²) in [7, 11) is 1.56. The zero-order chi connectivity index (χ0) is 15.7. The Morgan fingerprint density at radius 2 is 1.91 bits per heavy atom. The Kier molecular flexibility index (Phi) is 3.34. The lowest BCUT2D eigenvalue weighted by molar-refractivity contribution is -0.384. The van der Waals surface area contributed by atoms with Gasteiger partial charge in [-0.2, -0.15) is 0 Å². The first kappa shape index (κ1) is 13.8. The lowest BCUT2D eigenvalue weighted by Gasteiger charge is -2.00. The number of aromatic amines is 1. The van der Waals surface area contributed by atoms with E-state index in [1.165, 1.54) is 12.1 Å². The van der Waals surface area contributed by atoms with Crippen LogP contribution in [-0.2, 0) is 0 Å². The number of carbonyl (C=O) groups excluding carboxylic acids is 1. The highest BCUT2D eigenvalue weighted by molar-refractivity contribution is 6.06. The third-order valence-corrected chi connectivity index (χ3v) is 3.54. The summed E-state index contributed by atoms with van der Waals surface area (Å²) in [6.07, 6.45) is 0.773. The lowest BCUT2D eigenvalue weighted by Crippen LogP contribution is -1.88. The first-order valence-corrected chi connectivity index (χ1v) is 6.54. The Labute approximate surface area is 125 Å². The van der Waals surface area contributed by atoms with E-state index >= 15 is 0 Å². The van der Waals surface area contributed by atoms with Crippen molar-refractivity contribution >= 4 is 22.9 Å². The van der Waals surface area contributed by atoms with Crippen molar-refractivity contribution in [1.29, 1.82) is 0 Å². The second-order valence-electron chi connectivity index (χ2n) is 4.72. The number of aromatic nitrogens is 1. The fraction of sp³-hybridized carbons (Fsp3) is 0.0625. The normalized spacial score (nSPS) is 10.6. The number of aldehydes is 1. The molecule has 0 saturated carbocycles. The zero-order valence-corrected chi connectivity index (χ0v) is 11.7. The molecule has 0 aliphatic heterocycles. The number of nitro groups is 1. The molecule has 1 heterocycles. The highest BCUT2D eigenvalue weighted by Gasteiger charge is 2.16. The van der Waals surface area contributed by atoms with Crippen LogP contribution in [0, 0.1) is 10.1 Å². The van der Waals surface area contributed by atoms with Gasteiger partial charge < -0.3 is 9.72 Å². The highest BCUT2D eigenvalue weighted by atomic mass is 16.6. The first-order valence-electron chi connectivity index (χ1n) is 6.54. The molecule has 3 aromatic rings. The number of nitro benzene ring substituents is 1. The van der Waals surface area contributed by atoms with Crippen LogP contribution in [0.1, 0.15) is 10.4 Å². The molecule has 0 fully saturated rings. The average Bonchev–Trinajstić information content (AvgIpc) is 2.93. The van der Waals surface area contributed by atoms with Crippen LogP contribution in [0.25, 0.3) is 22.2 Å². The average molecular weight is 296 g/mol. The number of hydrogen-bond donors (Lipinski definition) is 1. The molecule has 0 aliphatic rings. The van der Waals surface area contributed by atoms with Crippen molar-refractivity contribution in [3.8, 4) is 17.0 Å². The molecule has 6 nitrogen and oxygen atoms in total. The summed E-state index contributed by atoms with van der Waals surface area (Å²) in [4.78, 5) is 24.9. The Morgan fingerprint density at radius 1 is 1.18 bits per heavy atom. The number of carbonyl (C=O) groups is 1. The predicted octanol–water partition coefficient (Wildman–Crippen LogP) is 3.56. The van der Waals surface area contributed by atoms with Crippen molar-refractivity contribution in [2.24, 2.45) is 0 Å². The topological polar surface area (TPSA) is 85.2 Å². The molecule has 0 saturated heterocycles. The van der Waals surface area contributed by atoms with Crippen LogP contribution in [-0.4, -0.2) is 23.3 Å². The van der Waals surface area contributed by atoms with E-state index in [-0.39, 0.29) is 5.69 Å². The molecule has 110 valence electrons. The van der Waals surface area contributed by atoms with Gasteiger partial charge in [0.1, 0.15) is 5.75 Å². The number of nitrogens with one attached hydrogen (secondary N) is 1. The molecule has 0 aliphatic carbocycles. The van der Waals surface area contributed by atoms with E-state index < -0.39 is 4.92 Å². The summed E-state index contributed by atoms with van der Waals surface area (Å²) in [6, 6.07) is 11.5. The Morgan fingerprint density at radius 3 is 2.50 bits per heavy atom. The lowest BCUT2D eigenvalue weighted by atomic mass is 10.1. The van der Waals surface area contributed by atoms with Gasteiger partial charge in [0.15, 0.2) is 6.29 Å². The maximum absolute atomic E-state index is 11.5. The van der Waals surface area contributed by atoms with Crippen molar-refractivity contribution < 1.29 is 14.5 Å². The van der Waals surface area contributed by atoms with Crippen LogP contribution in [0.3, 0.4) is 0 Å². The molecule has 1 aromatic heterocycles. The van der Waals surface area contributed by atoms with Crippen LogP contribution in [0.5, 0.6) is 5.75 Å². The van der Waals surface area contributed by atoms with Crippen LogP contribution in [0.4, 0.5) is 5.69 Å². The number of rotatable bonds is 4. The molecule has 0 atom stereocenters. The number of benzene rings is 2.